The third kappa shape index (κ3) is 1.49. The SMILES string of the molecule is Cc1ccc2c(c1)C(C=O)NCC2. The van der Waals surface area contributed by atoms with E-state index in [4.69, 9.17) is 0 Å². The van der Waals surface area contributed by atoms with E-state index in [1.54, 1.807) is 0 Å². The van der Waals surface area contributed by atoms with Crippen LogP contribution in [-0.2, 0) is 11.2 Å². The molecule has 0 spiro atoms. The zero-order chi connectivity index (χ0) is 9.26. The summed E-state index contributed by atoms with van der Waals surface area (Å²) in [7, 11) is 0. The molecule has 0 saturated carbocycles. The van der Waals surface area contributed by atoms with Gasteiger partial charge in [0.05, 0.1) is 6.04 Å². The van der Waals surface area contributed by atoms with Crippen molar-refractivity contribution < 1.29 is 4.79 Å². The number of carbonyl (C=O) groups is 1. The second-order valence-electron chi connectivity index (χ2n) is 3.52. The van der Waals surface area contributed by atoms with Gasteiger partial charge in [0.25, 0.3) is 0 Å². The summed E-state index contributed by atoms with van der Waals surface area (Å²) in [5, 5.41) is 3.18. The second kappa shape index (κ2) is 3.30. The highest BCUT2D eigenvalue weighted by atomic mass is 16.1. The van der Waals surface area contributed by atoms with E-state index in [0.29, 0.717) is 0 Å². The van der Waals surface area contributed by atoms with Gasteiger partial charge >= 0.3 is 0 Å². The quantitative estimate of drug-likeness (QED) is 0.653. The van der Waals surface area contributed by atoms with E-state index in [1.165, 1.54) is 11.1 Å². The van der Waals surface area contributed by atoms with Gasteiger partial charge < -0.3 is 10.1 Å². The lowest BCUT2D eigenvalue weighted by molar-refractivity contribution is -0.109. The molecule has 0 aliphatic carbocycles. The first-order valence-corrected chi connectivity index (χ1v) is 4.59. The molecule has 0 amide bonds. The Morgan fingerprint density at radius 2 is 2.38 bits per heavy atom. The first-order valence-electron chi connectivity index (χ1n) is 4.59. The minimum atomic E-state index is -0.0938. The standard InChI is InChI=1S/C11H13NO/c1-8-2-3-9-4-5-12-11(7-13)10(9)6-8/h2-3,6-7,11-12H,4-5H2,1H3. The Labute approximate surface area is 78.0 Å². The fraction of sp³-hybridized carbons (Fsp3) is 0.364. The largest absolute Gasteiger partial charge is 0.304 e. The van der Waals surface area contributed by atoms with Gasteiger partial charge in [-0.2, -0.15) is 0 Å². The summed E-state index contributed by atoms with van der Waals surface area (Å²) in [5.41, 5.74) is 3.68. The van der Waals surface area contributed by atoms with E-state index >= 15 is 0 Å². The van der Waals surface area contributed by atoms with Crippen molar-refractivity contribution in [1.29, 1.82) is 0 Å². The van der Waals surface area contributed by atoms with Crippen LogP contribution in [0, 0.1) is 6.92 Å². The molecule has 1 N–H and O–H groups in total. The highest BCUT2D eigenvalue weighted by molar-refractivity contribution is 5.63. The van der Waals surface area contributed by atoms with Crippen LogP contribution in [0.5, 0.6) is 0 Å². The van der Waals surface area contributed by atoms with Crippen LogP contribution in [0.15, 0.2) is 18.2 Å². The van der Waals surface area contributed by atoms with Crippen molar-refractivity contribution >= 4 is 6.29 Å². The average molecular weight is 175 g/mol. The van der Waals surface area contributed by atoms with Crippen molar-refractivity contribution in [2.45, 2.75) is 19.4 Å². The molecule has 2 heteroatoms. The van der Waals surface area contributed by atoms with Crippen molar-refractivity contribution in [2.24, 2.45) is 0 Å². The predicted octanol–water partition coefficient (Wildman–Crippen LogP) is 1.38. The first kappa shape index (κ1) is 8.45. The number of aryl methyl sites for hydroxylation is 1. The molecule has 0 radical (unpaired) electrons. The highest BCUT2D eigenvalue weighted by Gasteiger charge is 2.18. The van der Waals surface area contributed by atoms with Crippen molar-refractivity contribution in [3.05, 3.63) is 34.9 Å². The van der Waals surface area contributed by atoms with Gasteiger partial charge in [0, 0.05) is 6.54 Å². The molecule has 0 saturated heterocycles. The second-order valence-corrected chi connectivity index (χ2v) is 3.52. The zero-order valence-corrected chi connectivity index (χ0v) is 7.71. The first-order chi connectivity index (χ1) is 6.31. The predicted molar refractivity (Wildman–Crippen MR) is 51.7 cm³/mol. The molecule has 2 nitrogen and oxygen atoms in total. The van der Waals surface area contributed by atoms with E-state index in [-0.39, 0.29) is 6.04 Å². The van der Waals surface area contributed by atoms with E-state index in [1.807, 2.05) is 0 Å². The smallest absolute Gasteiger partial charge is 0.141 e. The number of aldehydes is 1. The Morgan fingerprint density at radius 1 is 1.54 bits per heavy atom. The molecule has 1 aliphatic heterocycles. The molecule has 1 aromatic rings. The molecular formula is C11H13NO. The number of hydrogen-bond acceptors (Lipinski definition) is 2. The van der Waals surface area contributed by atoms with Crippen LogP contribution >= 0.6 is 0 Å². The minimum absolute atomic E-state index is 0.0938. The average Bonchev–Trinajstić information content (AvgIpc) is 2.17. The molecular weight excluding hydrogens is 162 g/mol. The van der Waals surface area contributed by atoms with Crippen LogP contribution < -0.4 is 5.32 Å². The molecule has 68 valence electrons. The molecule has 13 heavy (non-hydrogen) atoms. The van der Waals surface area contributed by atoms with Crippen LogP contribution in [0.3, 0.4) is 0 Å². The van der Waals surface area contributed by atoms with Crippen LogP contribution in [0.2, 0.25) is 0 Å². The maximum absolute atomic E-state index is 10.8. The number of fused-ring (bicyclic) bond motifs is 1. The summed E-state index contributed by atoms with van der Waals surface area (Å²) in [6, 6.07) is 6.23. The monoisotopic (exact) mass is 175 g/mol. The molecule has 1 aromatic carbocycles. The molecule has 0 fully saturated rings. The van der Waals surface area contributed by atoms with Gasteiger partial charge in [0.1, 0.15) is 6.29 Å². The van der Waals surface area contributed by atoms with Crippen LogP contribution in [-0.4, -0.2) is 12.8 Å². The summed E-state index contributed by atoms with van der Waals surface area (Å²) < 4.78 is 0. The van der Waals surface area contributed by atoms with Crippen molar-refractivity contribution in [3.8, 4) is 0 Å². The lowest BCUT2D eigenvalue weighted by Gasteiger charge is -2.23. The number of benzene rings is 1. The van der Waals surface area contributed by atoms with E-state index in [0.717, 1.165) is 24.8 Å². The van der Waals surface area contributed by atoms with Crippen LogP contribution in [0.1, 0.15) is 22.7 Å². The Bertz CT molecular complexity index is 333. The Hall–Kier alpha value is -1.15. The molecule has 2 rings (SSSR count). The maximum Gasteiger partial charge on any atom is 0.141 e. The lowest BCUT2D eigenvalue weighted by Crippen LogP contribution is -2.30. The van der Waals surface area contributed by atoms with Gasteiger partial charge in [0.2, 0.25) is 0 Å². The summed E-state index contributed by atoms with van der Waals surface area (Å²) in [6.07, 6.45) is 2.01. The van der Waals surface area contributed by atoms with Gasteiger partial charge in [-0.05, 0) is 24.5 Å². The highest BCUT2D eigenvalue weighted by Crippen LogP contribution is 2.22. The third-order valence-electron chi connectivity index (χ3n) is 2.53. The van der Waals surface area contributed by atoms with E-state index in [9.17, 15) is 4.79 Å². The van der Waals surface area contributed by atoms with Crippen LogP contribution in [0.4, 0.5) is 0 Å². The molecule has 1 unspecified atom stereocenters. The van der Waals surface area contributed by atoms with Gasteiger partial charge in [0.15, 0.2) is 0 Å². The van der Waals surface area contributed by atoms with Gasteiger partial charge in [-0.1, -0.05) is 23.8 Å². The number of nitrogens with one attached hydrogen (secondary N) is 1. The van der Waals surface area contributed by atoms with E-state index < -0.39 is 0 Å². The molecule has 0 aromatic heterocycles. The molecule has 1 heterocycles. The number of carbonyl (C=O) groups excluding carboxylic acids is 1. The van der Waals surface area contributed by atoms with Gasteiger partial charge in [-0.3, -0.25) is 0 Å². The molecule has 0 bridgehead atoms. The van der Waals surface area contributed by atoms with Crippen molar-refractivity contribution in [2.75, 3.05) is 6.54 Å². The van der Waals surface area contributed by atoms with Gasteiger partial charge in [-0.25, -0.2) is 0 Å². The third-order valence-corrected chi connectivity index (χ3v) is 2.53. The molecule has 1 aliphatic rings. The maximum atomic E-state index is 10.8. The minimum Gasteiger partial charge on any atom is -0.304 e. The van der Waals surface area contributed by atoms with Gasteiger partial charge in [-0.15, -0.1) is 0 Å². The Kier molecular flexibility index (Phi) is 2.15. The van der Waals surface area contributed by atoms with Crippen molar-refractivity contribution in [1.82, 2.24) is 5.32 Å². The Morgan fingerprint density at radius 3 is 3.15 bits per heavy atom. The van der Waals surface area contributed by atoms with E-state index in [2.05, 4.69) is 30.4 Å². The lowest BCUT2D eigenvalue weighted by atomic mass is 9.93. The zero-order valence-electron chi connectivity index (χ0n) is 7.71. The normalized spacial score (nSPS) is 20.8. The summed E-state index contributed by atoms with van der Waals surface area (Å²) in [6.45, 7) is 2.95. The summed E-state index contributed by atoms with van der Waals surface area (Å²) >= 11 is 0. The summed E-state index contributed by atoms with van der Waals surface area (Å²) in [4.78, 5) is 10.8. The molecule has 1 atom stereocenters. The summed E-state index contributed by atoms with van der Waals surface area (Å²) in [5.74, 6) is 0. The topological polar surface area (TPSA) is 29.1 Å². The fourth-order valence-corrected chi connectivity index (χ4v) is 1.83. The van der Waals surface area contributed by atoms with Crippen molar-refractivity contribution in [3.63, 3.8) is 0 Å². The number of rotatable bonds is 1. The Balaban J connectivity index is 2.47. The number of hydrogen-bond donors (Lipinski definition) is 1. The van der Waals surface area contributed by atoms with Crippen LogP contribution in [0.25, 0.3) is 0 Å². The fourth-order valence-electron chi connectivity index (χ4n) is 1.83.